The Morgan fingerprint density at radius 2 is 1.80 bits per heavy atom. The highest BCUT2D eigenvalue weighted by Crippen LogP contribution is 2.37. The van der Waals surface area contributed by atoms with E-state index in [4.69, 9.17) is 4.74 Å². The van der Waals surface area contributed by atoms with E-state index in [2.05, 4.69) is 0 Å². The molecule has 0 saturated heterocycles. The normalized spacial score (nSPS) is 13.8. The molecule has 106 valence electrons. The van der Waals surface area contributed by atoms with E-state index in [9.17, 15) is 9.50 Å². The van der Waals surface area contributed by atoms with Gasteiger partial charge >= 0.3 is 0 Å². The molecule has 0 aliphatic heterocycles. The predicted octanol–water partition coefficient (Wildman–Crippen LogP) is 3.87. The molecule has 3 heteroatoms. The van der Waals surface area contributed by atoms with Crippen LogP contribution in [-0.4, -0.2) is 12.2 Å². The molecule has 1 atom stereocenters. The van der Waals surface area contributed by atoms with Crippen molar-refractivity contribution in [3.63, 3.8) is 0 Å². The molecular weight excluding hydrogens is 255 g/mol. The van der Waals surface area contributed by atoms with Gasteiger partial charge in [0.1, 0.15) is 5.60 Å². The minimum absolute atomic E-state index is 0.146. The van der Waals surface area contributed by atoms with Gasteiger partial charge in [0.05, 0.1) is 7.11 Å². The first-order valence-electron chi connectivity index (χ1n) is 6.74. The highest BCUT2D eigenvalue weighted by molar-refractivity contribution is 5.41. The molecule has 2 aromatic carbocycles. The van der Waals surface area contributed by atoms with Crippen molar-refractivity contribution in [2.24, 2.45) is 0 Å². The lowest BCUT2D eigenvalue weighted by molar-refractivity contribution is 0.0657. The van der Waals surface area contributed by atoms with Crippen LogP contribution < -0.4 is 4.74 Å². The summed E-state index contributed by atoms with van der Waals surface area (Å²) in [5, 5.41) is 11.1. The SMILES string of the molecule is CCCC(O)(c1ccccc1)c1cccc(OC)c1F. The topological polar surface area (TPSA) is 29.5 Å². The molecule has 0 aliphatic carbocycles. The first kappa shape index (κ1) is 14.5. The molecule has 2 aromatic rings. The molecule has 20 heavy (non-hydrogen) atoms. The van der Waals surface area contributed by atoms with Gasteiger partial charge < -0.3 is 9.84 Å². The lowest BCUT2D eigenvalue weighted by atomic mass is 9.82. The molecule has 0 amide bonds. The van der Waals surface area contributed by atoms with Gasteiger partial charge in [0.2, 0.25) is 0 Å². The van der Waals surface area contributed by atoms with Gasteiger partial charge in [-0.2, -0.15) is 0 Å². The summed E-state index contributed by atoms with van der Waals surface area (Å²) < 4.78 is 19.5. The molecule has 0 fully saturated rings. The standard InChI is InChI=1S/C17H19FO2/c1-3-12-17(19,13-8-5-4-6-9-13)14-10-7-11-15(20-2)16(14)18/h4-11,19H,3,12H2,1-2H3. The Morgan fingerprint density at radius 1 is 1.10 bits per heavy atom. The van der Waals surface area contributed by atoms with E-state index in [0.29, 0.717) is 12.0 Å². The number of methoxy groups -OCH3 is 1. The molecule has 2 rings (SSSR count). The lowest BCUT2D eigenvalue weighted by Crippen LogP contribution is -2.28. The van der Waals surface area contributed by atoms with E-state index >= 15 is 0 Å². The van der Waals surface area contributed by atoms with Crippen LogP contribution in [-0.2, 0) is 5.60 Å². The fourth-order valence-corrected chi connectivity index (χ4v) is 2.50. The molecule has 1 unspecified atom stereocenters. The molecule has 0 radical (unpaired) electrons. The summed E-state index contributed by atoms with van der Waals surface area (Å²) in [4.78, 5) is 0. The highest BCUT2D eigenvalue weighted by atomic mass is 19.1. The molecule has 0 bridgehead atoms. The number of hydrogen-bond donors (Lipinski definition) is 1. The molecule has 2 nitrogen and oxygen atoms in total. The number of ether oxygens (including phenoxy) is 1. The first-order valence-corrected chi connectivity index (χ1v) is 6.74. The Hall–Kier alpha value is -1.87. The Kier molecular flexibility index (Phi) is 4.40. The zero-order chi connectivity index (χ0) is 14.6. The van der Waals surface area contributed by atoms with Gasteiger partial charge in [0.25, 0.3) is 0 Å². The fraction of sp³-hybridized carbons (Fsp3) is 0.294. The zero-order valence-electron chi connectivity index (χ0n) is 11.8. The van der Waals surface area contributed by atoms with Gasteiger partial charge in [-0.15, -0.1) is 0 Å². The van der Waals surface area contributed by atoms with Crippen molar-refractivity contribution in [1.29, 1.82) is 0 Å². The maximum Gasteiger partial charge on any atom is 0.171 e. The molecular formula is C17H19FO2. The number of rotatable bonds is 5. The van der Waals surface area contributed by atoms with E-state index in [-0.39, 0.29) is 11.3 Å². The summed E-state index contributed by atoms with van der Waals surface area (Å²) in [7, 11) is 1.42. The summed E-state index contributed by atoms with van der Waals surface area (Å²) in [6.45, 7) is 1.96. The maximum absolute atomic E-state index is 14.5. The third-order valence-electron chi connectivity index (χ3n) is 3.49. The summed E-state index contributed by atoms with van der Waals surface area (Å²) in [6, 6.07) is 14.0. The van der Waals surface area contributed by atoms with Gasteiger partial charge in [-0.3, -0.25) is 0 Å². The minimum atomic E-state index is -1.34. The number of benzene rings is 2. The van der Waals surface area contributed by atoms with E-state index < -0.39 is 11.4 Å². The molecule has 0 spiro atoms. The quantitative estimate of drug-likeness (QED) is 0.896. The van der Waals surface area contributed by atoms with E-state index in [0.717, 1.165) is 6.42 Å². The van der Waals surface area contributed by atoms with Crippen molar-refractivity contribution in [3.8, 4) is 5.75 Å². The van der Waals surface area contributed by atoms with Crippen molar-refractivity contribution in [2.75, 3.05) is 7.11 Å². The molecule has 0 saturated carbocycles. The zero-order valence-corrected chi connectivity index (χ0v) is 11.8. The van der Waals surface area contributed by atoms with Crippen LogP contribution in [0.15, 0.2) is 48.5 Å². The molecule has 0 heterocycles. The lowest BCUT2D eigenvalue weighted by Gasteiger charge is -2.29. The van der Waals surface area contributed by atoms with E-state index in [1.54, 1.807) is 18.2 Å². The Bertz CT molecular complexity index is 568. The average molecular weight is 274 g/mol. The highest BCUT2D eigenvalue weighted by Gasteiger charge is 2.34. The molecule has 1 N–H and O–H groups in total. The third kappa shape index (κ3) is 2.54. The van der Waals surface area contributed by atoms with Crippen LogP contribution in [0.1, 0.15) is 30.9 Å². The second kappa shape index (κ2) is 6.06. The largest absolute Gasteiger partial charge is 0.494 e. The Labute approximate surface area is 118 Å². The fourth-order valence-electron chi connectivity index (χ4n) is 2.50. The Morgan fingerprint density at radius 3 is 2.40 bits per heavy atom. The van der Waals surface area contributed by atoms with Crippen molar-refractivity contribution < 1.29 is 14.2 Å². The first-order chi connectivity index (χ1) is 9.63. The van der Waals surface area contributed by atoms with Gasteiger partial charge in [-0.1, -0.05) is 55.8 Å². The third-order valence-corrected chi connectivity index (χ3v) is 3.49. The smallest absolute Gasteiger partial charge is 0.171 e. The van der Waals surface area contributed by atoms with Crippen molar-refractivity contribution in [1.82, 2.24) is 0 Å². The van der Waals surface area contributed by atoms with Crippen LogP contribution in [0.5, 0.6) is 5.75 Å². The van der Waals surface area contributed by atoms with Crippen LogP contribution >= 0.6 is 0 Å². The second-order valence-corrected chi connectivity index (χ2v) is 4.80. The van der Waals surface area contributed by atoms with Gasteiger partial charge in [0, 0.05) is 5.56 Å². The Balaban J connectivity index is 2.59. The second-order valence-electron chi connectivity index (χ2n) is 4.80. The van der Waals surface area contributed by atoms with Crippen LogP contribution in [0.4, 0.5) is 4.39 Å². The van der Waals surface area contributed by atoms with Crippen LogP contribution in [0.3, 0.4) is 0 Å². The summed E-state index contributed by atoms with van der Waals surface area (Å²) in [5.41, 5.74) is -0.395. The van der Waals surface area contributed by atoms with E-state index in [1.807, 2.05) is 37.3 Å². The van der Waals surface area contributed by atoms with Gasteiger partial charge in [-0.05, 0) is 18.1 Å². The predicted molar refractivity (Wildman–Crippen MR) is 77.3 cm³/mol. The number of hydrogen-bond acceptors (Lipinski definition) is 2. The van der Waals surface area contributed by atoms with Crippen molar-refractivity contribution in [2.45, 2.75) is 25.4 Å². The molecule has 0 aliphatic rings. The number of halogens is 1. The van der Waals surface area contributed by atoms with Crippen LogP contribution in [0, 0.1) is 5.82 Å². The minimum Gasteiger partial charge on any atom is -0.494 e. The summed E-state index contributed by atoms with van der Waals surface area (Å²) in [5.74, 6) is -0.359. The monoisotopic (exact) mass is 274 g/mol. The molecule has 0 aromatic heterocycles. The average Bonchev–Trinajstić information content (AvgIpc) is 2.48. The van der Waals surface area contributed by atoms with E-state index in [1.165, 1.54) is 7.11 Å². The maximum atomic E-state index is 14.5. The summed E-state index contributed by atoms with van der Waals surface area (Å²) >= 11 is 0. The summed E-state index contributed by atoms with van der Waals surface area (Å²) in [6.07, 6.45) is 1.18. The van der Waals surface area contributed by atoms with Gasteiger partial charge in [0.15, 0.2) is 11.6 Å². The van der Waals surface area contributed by atoms with Crippen molar-refractivity contribution in [3.05, 3.63) is 65.5 Å². The van der Waals surface area contributed by atoms with Crippen LogP contribution in [0.25, 0.3) is 0 Å². The van der Waals surface area contributed by atoms with Gasteiger partial charge in [-0.25, -0.2) is 4.39 Å². The number of aliphatic hydroxyl groups is 1. The van der Waals surface area contributed by atoms with Crippen molar-refractivity contribution >= 4 is 0 Å². The van der Waals surface area contributed by atoms with Crippen LogP contribution in [0.2, 0.25) is 0 Å².